The fraction of sp³-hybridized carbons (Fsp3) is 0.240. The predicted molar refractivity (Wildman–Crippen MR) is 123 cm³/mol. The number of benzene rings is 3. The van der Waals surface area contributed by atoms with Crippen molar-refractivity contribution < 1.29 is 33.3 Å². The van der Waals surface area contributed by atoms with Crippen molar-refractivity contribution >= 4 is 18.2 Å². The summed E-state index contributed by atoms with van der Waals surface area (Å²) in [6.07, 6.45) is -2.72. The van der Waals surface area contributed by atoms with Crippen LogP contribution in [-0.2, 0) is 23.4 Å². The quantitative estimate of drug-likeness (QED) is 0.202. The lowest BCUT2D eigenvalue weighted by atomic mass is 9.84. The van der Waals surface area contributed by atoms with E-state index >= 15 is 0 Å². The summed E-state index contributed by atoms with van der Waals surface area (Å²) >= 11 is 1.27. The summed E-state index contributed by atoms with van der Waals surface area (Å²) in [6, 6.07) is 28.0. The zero-order valence-electron chi connectivity index (χ0n) is 18.0. The molecule has 0 amide bonds. The van der Waals surface area contributed by atoms with Crippen LogP contribution in [0.1, 0.15) is 16.7 Å². The van der Waals surface area contributed by atoms with Crippen LogP contribution in [0.25, 0.3) is 0 Å². The molecular weight excluding hydrogens is 444 g/mol. The van der Waals surface area contributed by atoms with Gasteiger partial charge in [-0.15, -0.1) is 0 Å². The maximum atomic E-state index is 10.7. The number of carbonyl (C=O) groups is 1. The maximum Gasteiger partial charge on any atom is 0.537 e. The van der Waals surface area contributed by atoms with Crippen molar-refractivity contribution in [2.45, 2.75) is 17.0 Å². The van der Waals surface area contributed by atoms with Gasteiger partial charge in [-0.05, 0) is 28.8 Å². The molecule has 172 valence electrons. The fourth-order valence-corrected chi connectivity index (χ4v) is 4.89. The highest BCUT2D eigenvalue weighted by Gasteiger charge is 2.41. The van der Waals surface area contributed by atoms with Crippen LogP contribution < -0.4 is 4.74 Å². The molecule has 2 atom stereocenters. The third kappa shape index (κ3) is 5.15. The predicted octanol–water partition coefficient (Wildman–Crippen LogP) is 5.05. The van der Waals surface area contributed by atoms with Gasteiger partial charge in [-0.25, -0.2) is 4.79 Å². The number of hydrogen-bond acceptors (Lipinski definition) is 7. The van der Waals surface area contributed by atoms with Gasteiger partial charge in [0.25, 0.3) is 0 Å². The average molecular weight is 469 g/mol. The molecule has 7 nitrogen and oxygen atoms in total. The second-order valence-corrected chi connectivity index (χ2v) is 8.35. The van der Waals surface area contributed by atoms with Gasteiger partial charge in [-0.3, -0.25) is 4.89 Å². The molecule has 0 aliphatic carbocycles. The van der Waals surface area contributed by atoms with E-state index < -0.39 is 23.1 Å². The Morgan fingerprint density at radius 1 is 0.879 bits per heavy atom. The smallest absolute Gasteiger partial charge is 0.497 e. The van der Waals surface area contributed by atoms with Crippen molar-refractivity contribution in [3.8, 4) is 5.75 Å². The lowest BCUT2D eigenvalue weighted by Gasteiger charge is -2.35. The van der Waals surface area contributed by atoms with Crippen LogP contribution in [-0.4, -0.2) is 43.8 Å². The molecule has 1 fully saturated rings. The Bertz CT molecular complexity index is 988. The number of carboxylic acid groups (broad SMARTS) is 1. The largest absolute Gasteiger partial charge is 0.537 e. The molecule has 33 heavy (non-hydrogen) atoms. The molecule has 1 unspecified atom stereocenters. The van der Waals surface area contributed by atoms with Crippen LogP contribution in [0.5, 0.6) is 5.75 Å². The van der Waals surface area contributed by atoms with E-state index in [0.29, 0.717) is 0 Å². The summed E-state index contributed by atoms with van der Waals surface area (Å²) in [5.74, 6) is 0.753. The highest BCUT2D eigenvalue weighted by atomic mass is 32.2. The first-order chi connectivity index (χ1) is 16.1. The van der Waals surface area contributed by atoms with Crippen molar-refractivity contribution in [1.82, 2.24) is 0 Å². The van der Waals surface area contributed by atoms with E-state index in [-0.39, 0.29) is 13.2 Å². The molecule has 1 saturated heterocycles. The molecule has 3 aromatic carbocycles. The Hall–Kier alpha value is -3.04. The molecule has 3 aromatic rings. The van der Waals surface area contributed by atoms with Crippen LogP contribution in [0.2, 0.25) is 0 Å². The topological polar surface area (TPSA) is 83.5 Å². The van der Waals surface area contributed by atoms with Crippen LogP contribution >= 0.6 is 12.0 Å². The first-order valence-electron chi connectivity index (χ1n) is 10.4. The van der Waals surface area contributed by atoms with Gasteiger partial charge in [0.2, 0.25) is 0 Å². The van der Waals surface area contributed by atoms with Gasteiger partial charge in [-0.1, -0.05) is 72.8 Å². The van der Waals surface area contributed by atoms with E-state index in [9.17, 15) is 4.79 Å². The van der Waals surface area contributed by atoms with Crippen molar-refractivity contribution in [3.05, 3.63) is 102 Å². The Balaban J connectivity index is 1.74. The number of rotatable bonds is 9. The van der Waals surface area contributed by atoms with Crippen LogP contribution in [0.4, 0.5) is 4.79 Å². The number of hydrogen-bond donors (Lipinski definition) is 1. The monoisotopic (exact) mass is 468 g/mol. The van der Waals surface area contributed by atoms with Gasteiger partial charge in [0, 0.05) is 12.0 Å². The third-order valence-corrected chi connectivity index (χ3v) is 6.68. The van der Waals surface area contributed by atoms with Gasteiger partial charge in [0.15, 0.2) is 6.10 Å². The Labute approximate surface area is 196 Å². The fourth-order valence-electron chi connectivity index (χ4n) is 3.75. The Morgan fingerprint density at radius 3 is 1.97 bits per heavy atom. The number of ether oxygens (including phenoxy) is 2. The van der Waals surface area contributed by atoms with E-state index in [1.54, 1.807) is 7.11 Å². The van der Waals surface area contributed by atoms with Gasteiger partial charge in [-0.2, -0.15) is 4.89 Å². The van der Waals surface area contributed by atoms with Crippen LogP contribution in [0.3, 0.4) is 0 Å². The van der Waals surface area contributed by atoms with Crippen molar-refractivity contribution in [2.75, 3.05) is 20.3 Å². The van der Waals surface area contributed by atoms with E-state index in [0.717, 1.165) is 22.4 Å². The highest BCUT2D eigenvalue weighted by molar-refractivity contribution is 7.96. The van der Waals surface area contributed by atoms with Crippen molar-refractivity contribution in [3.63, 3.8) is 0 Å². The molecule has 1 aliphatic rings. The van der Waals surface area contributed by atoms with Crippen LogP contribution in [0, 0.1) is 0 Å². The average Bonchev–Trinajstić information content (AvgIpc) is 3.32. The van der Waals surface area contributed by atoms with Gasteiger partial charge in [0.05, 0.1) is 20.3 Å². The first-order valence-corrected chi connectivity index (χ1v) is 11.1. The minimum atomic E-state index is -1.52. The van der Waals surface area contributed by atoms with Crippen molar-refractivity contribution in [2.24, 2.45) is 0 Å². The normalized spacial score (nSPS) is 18.1. The molecule has 0 spiro atoms. The summed E-state index contributed by atoms with van der Waals surface area (Å²) in [7, 11) is 1.63. The molecule has 0 aromatic heterocycles. The highest BCUT2D eigenvalue weighted by Crippen LogP contribution is 2.50. The molecule has 0 saturated carbocycles. The van der Waals surface area contributed by atoms with E-state index in [2.05, 4.69) is 29.2 Å². The molecule has 4 rings (SSSR count). The first kappa shape index (κ1) is 23.1. The zero-order chi connectivity index (χ0) is 23.1. The van der Waals surface area contributed by atoms with Gasteiger partial charge in [0.1, 0.15) is 16.6 Å². The molecule has 0 bridgehead atoms. The minimum Gasteiger partial charge on any atom is -0.497 e. The molecule has 0 radical (unpaired) electrons. The number of methoxy groups -OCH3 is 1. The van der Waals surface area contributed by atoms with Crippen LogP contribution in [0.15, 0.2) is 84.9 Å². The molecule has 1 N–H and O–H groups in total. The van der Waals surface area contributed by atoms with E-state index in [4.69, 9.17) is 23.7 Å². The lowest BCUT2D eigenvalue weighted by molar-refractivity contribution is -0.290. The van der Waals surface area contributed by atoms with E-state index in [1.807, 2.05) is 60.7 Å². The molecule has 1 aliphatic heterocycles. The molecule has 8 heteroatoms. The Kier molecular flexibility index (Phi) is 7.51. The second-order valence-electron chi connectivity index (χ2n) is 7.38. The van der Waals surface area contributed by atoms with E-state index in [1.165, 1.54) is 12.0 Å². The summed E-state index contributed by atoms with van der Waals surface area (Å²) in [5, 5.41) is 8.76. The molecular formula is C25H24O7S. The zero-order valence-corrected chi connectivity index (χ0v) is 18.8. The lowest BCUT2D eigenvalue weighted by Crippen LogP contribution is -2.32. The third-order valence-electron chi connectivity index (χ3n) is 5.38. The standard InChI is InChI=1S/C25H24O7S/c1-28-21-14-12-20(13-15-21)25(18-8-4-2-5-9-18,19-10-6-3-7-11-19)33-32-23-17-29-16-22(23)30-31-24(26)27/h2-15,22-23H,16-17H2,1H3,(H,26,27)/t22?,23-/m0/s1. The summed E-state index contributed by atoms with van der Waals surface area (Å²) in [5.41, 5.74) is 3.03. The van der Waals surface area contributed by atoms with Crippen molar-refractivity contribution in [1.29, 1.82) is 0 Å². The second kappa shape index (κ2) is 10.7. The summed E-state index contributed by atoms with van der Waals surface area (Å²) < 4.78 is 16.4. The summed E-state index contributed by atoms with van der Waals surface area (Å²) in [6.45, 7) is 0.424. The summed E-state index contributed by atoms with van der Waals surface area (Å²) in [4.78, 5) is 20.1. The SMILES string of the molecule is COc1ccc(C(SO[C@H]2COCC2OOC(=O)O)(c2ccccc2)c2ccccc2)cc1. The van der Waals surface area contributed by atoms with Gasteiger partial charge >= 0.3 is 6.16 Å². The Morgan fingerprint density at radius 2 is 1.42 bits per heavy atom. The minimum absolute atomic E-state index is 0.171. The maximum absolute atomic E-state index is 10.7. The van der Waals surface area contributed by atoms with Gasteiger partial charge < -0.3 is 18.8 Å². The molecule has 1 heterocycles.